The molecule has 1 N–H and O–H groups in total. The van der Waals surface area contributed by atoms with Crippen LogP contribution in [0.1, 0.15) is 32.7 Å². The molecule has 9 heteroatoms. The second-order valence-corrected chi connectivity index (χ2v) is 8.46. The van der Waals surface area contributed by atoms with Crippen LogP contribution in [0.4, 0.5) is 4.79 Å². The summed E-state index contributed by atoms with van der Waals surface area (Å²) in [7, 11) is 0. The van der Waals surface area contributed by atoms with Gasteiger partial charge in [0.25, 0.3) is 0 Å². The van der Waals surface area contributed by atoms with Gasteiger partial charge in [-0.2, -0.15) is 0 Å². The number of aliphatic hydroxyl groups is 1. The van der Waals surface area contributed by atoms with E-state index in [9.17, 15) is 9.90 Å². The van der Waals surface area contributed by atoms with Crippen molar-refractivity contribution < 1.29 is 19.4 Å². The molecule has 3 rings (SSSR count). The largest absolute Gasteiger partial charge is 0.490 e. The Morgan fingerprint density at radius 3 is 2.77 bits per heavy atom. The molecule has 2 atom stereocenters. The maximum atomic E-state index is 12.6. The lowest BCUT2D eigenvalue weighted by atomic mass is 10.1. The molecule has 1 amide bonds. The van der Waals surface area contributed by atoms with E-state index in [1.165, 1.54) is 0 Å². The Hall–Kier alpha value is -2.42. The van der Waals surface area contributed by atoms with Crippen LogP contribution >= 0.6 is 11.6 Å². The van der Waals surface area contributed by atoms with Crippen molar-refractivity contribution in [2.45, 2.75) is 38.6 Å². The van der Waals surface area contributed by atoms with Crippen LogP contribution in [0.3, 0.4) is 0 Å². The summed E-state index contributed by atoms with van der Waals surface area (Å²) >= 11 is 5.99. The van der Waals surface area contributed by atoms with Crippen molar-refractivity contribution in [3.63, 3.8) is 0 Å². The van der Waals surface area contributed by atoms with E-state index < -0.39 is 11.8 Å². The van der Waals surface area contributed by atoms with Crippen LogP contribution in [0.5, 0.6) is 5.75 Å². The van der Waals surface area contributed by atoms with E-state index in [2.05, 4.69) is 9.97 Å². The van der Waals surface area contributed by atoms with Gasteiger partial charge in [0, 0.05) is 25.8 Å². The lowest BCUT2D eigenvalue weighted by Gasteiger charge is -2.43. The molecule has 1 aliphatic heterocycles. The molecular formula is C21H27ClN4O4. The molecule has 3 heterocycles. The standard InChI is InChI=1S/C21H27ClN4O4/c1-21(2,3)30-20(28)25-10-11-26(19(27)17-7-4-8-18(22)24-17)15(13-25)14-29-16-6-5-9-23-12-16/h4-9,12,15,19,27H,10-11,13-14H2,1-3H3. The van der Waals surface area contributed by atoms with Gasteiger partial charge >= 0.3 is 6.09 Å². The van der Waals surface area contributed by atoms with E-state index in [-0.39, 0.29) is 18.7 Å². The molecule has 0 bridgehead atoms. The monoisotopic (exact) mass is 434 g/mol. The summed E-state index contributed by atoms with van der Waals surface area (Å²) in [5.74, 6) is 0.613. The van der Waals surface area contributed by atoms with E-state index in [1.54, 1.807) is 47.6 Å². The highest BCUT2D eigenvalue weighted by Gasteiger charge is 2.36. The van der Waals surface area contributed by atoms with E-state index >= 15 is 0 Å². The second kappa shape index (κ2) is 9.59. The number of amides is 1. The van der Waals surface area contributed by atoms with Crippen molar-refractivity contribution in [3.05, 3.63) is 53.6 Å². The number of carbonyl (C=O) groups is 1. The maximum absolute atomic E-state index is 12.6. The van der Waals surface area contributed by atoms with Crippen molar-refractivity contribution in [1.82, 2.24) is 19.8 Å². The van der Waals surface area contributed by atoms with Gasteiger partial charge in [-0.15, -0.1) is 0 Å². The fourth-order valence-electron chi connectivity index (χ4n) is 3.19. The third kappa shape index (κ3) is 6.04. The van der Waals surface area contributed by atoms with Crippen molar-refractivity contribution in [3.8, 4) is 5.75 Å². The normalized spacial score (nSPS) is 18.7. The molecule has 162 valence electrons. The van der Waals surface area contributed by atoms with Crippen LogP contribution in [0, 0.1) is 0 Å². The molecule has 8 nitrogen and oxygen atoms in total. The zero-order valence-electron chi connectivity index (χ0n) is 17.4. The minimum absolute atomic E-state index is 0.253. The van der Waals surface area contributed by atoms with E-state index in [0.29, 0.717) is 36.2 Å². The average Bonchev–Trinajstić information content (AvgIpc) is 2.71. The second-order valence-electron chi connectivity index (χ2n) is 8.08. The van der Waals surface area contributed by atoms with E-state index in [4.69, 9.17) is 21.1 Å². The summed E-state index contributed by atoms with van der Waals surface area (Å²) in [5.41, 5.74) is -0.139. The fraction of sp³-hybridized carbons (Fsp3) is 0.476. The molecule has 0 aliphatic carbocycles. The van der Waals surface area contributed by atoms with Gasteiger partial charge in [-0.1, -0.05) is 17.7 Å². The first-order chi connectivity index (χ1) is 14.2. The van der Waals surface area contributed by atoms with Crippen molar-refractivity contribution in [2.75, 3.05) is 26.2 Å². The Balaban J connectivity index is 1.75. The highest BCUT2D eigenvalue weighted by Crippen LogP contribution is 2.25. The van der Waals surface area contributed by atoms with E-state index in [1.807, 2.05) is 25.7 Å². The molecule has 1 saturated heterocycles. The number of hydrogen-bond donors (Lipinski definition) is 1. The summed E-state index contributed by atoms with van der Waals surface area (Å²) in [6.45, 7) is 6.93. The number of rotatable bonds is 5. The quantitative estimate of drug-likeness (QED) is 0.723. The average molecular weight is 435 g/mol. The smallest absolute Gasteiger partial charge is 0.410 e. The van der Waals surface area contributed by atoms with E-state index in [0.717, 1.165) is 0 Å². The number of ether oxygens (including phenoxy) is 2. The lowest BCUT2D eigenvalue weighted by molar-refractivity contribution is -0.0763. The molecule has 2 aromatic heterocycles. The number of aliphatic hydroxyl groups excluding tert-OH is 1. The van der Waals surface area contributed by atoms with Crippen LogP contribution in [0.25, 0.3) is 0 Å². The predicted molar refractivity (Wildman–Crippen MR) is 112 cm³/mol. The highest BCUT2D eigenvalue weighted by molar-refractivity contribution is 6.29. The molecule has 2 unspecified atom stereocenters. The van der Waals surface area contributed by atoms with Crippen LogP contribution in [-0.4, -0.2) is 68.9 Å². The molecule has 0 spiro atoms. The highest BCUT2D eigenvalue weighted by atomic mass is 35.5. The van der Waals surface area contributed by atoms with Gasteiger partial charge in [-0.3, -0.25) is 9.88 Å². The van der Waals surface area contributed by atoms with Crippen molar-refractivity contribution >= 4 is 17.7 Å². The van der Waals surface area contributed by atoms with Crippen LogP contribution in [-0.2, 0) is 4.74 Å². The number of halogens is 1. The Bertz CT molecular complexity index is 846. The molecule has 2 aromatic rings. The first kappa shape index (κ1) is 22.3. The first-order valence-corrected chi connectivity index (χ1v) is 10.2. The Morgan fingerprint density at radius 2 is 2.10 bits per heavy atom. The SMILES string of the molecule is CC(C)(C)OC(=O)N1CCN(C(O)c2cccc(Cl)n2)C(COc2cccnc2)C1. The van der Waals surface area contributed by atoms with Crippen molar-refractivity contribution in [2.24, 2.45) is 0 Å². The third-order valence-corrected chi connectivity index (χ3v) is 4.78. The Kier molecular flexibility index (Phi) is 7.12. The van der Waals surface area contributed by atoms with Crippen LogP contribution in [0.15, 0.2) is 42.7 Å². The molecule has 0 saturated carbocycles. The zero-order chi connectivity index (χ0) is 21.7. The summed E-state index contributed by atoms with van der Waals surface area (Å²) in [4.78, 5) is 24.3. The number of piperazine rings is 1. The minimum Gasteiger partial charge on any atom is -0.490 e. The number of carbonyl (C=O) groups excluding carboxylic acids is 1. The molecule has 30 heavy (non-hydrogen) atoms. The summed E-state index contributed by atoms with van der Waals surface area (Å²) in [5, 5.41) is 11.3. The van der Waals surface area contributed by atoms with Crippen molar-refractivity contribution in [1.29, 1.82) is 0 Å². The molecule has 0 aromatic carbocycles. The number of pyridine rings is 2. The number of aromatic nitrogens is 2. The number of hydrogen-bond acceptors (Lipinski definition) is 7. The van der Waals surface area contributed by atoms with Crippen LogP contribution in [0.2, 0.25) is 5.15 Å². The maximum Gasteiger partial charge on any atom is 0.410 e. The fourth-order valence-corrected chi connectivity index (χ4v) is 3.36. The summed E-state index contributed by atoms with van der Waals surface area (Å²) in [6, 6.07) is 8.41. The Morgan fingerprint density at radius 1 is 1.30 bits per heavy atom. The molecular weight excluding hydrogens is 408 g/mol. The van der Waals surface area contributed by atoms with Gasteiger partial charge < -0.3 is 19.5 Å². The van der Waals surface area contributed by atoms with Gasteiger partial charge in [0.2, 0.25) is 0 Å². The minimum atomic E-state index is -0.980. The van der Waals surface area contributed by atoms with Gasteiger partial charge in [0.15, 0.2) is 6.23 Å². The summed E-state index contributed by atoms with van der Waals surface area (Å²) in [6.07, 6.45) is 1.92. The van der Waals surface area contributed by atoms with Gasteiger partial charge in [0.1, 0.15) is 23.1 Å². The number of nitrogens with zero attached hydrogens (tertiary/aromatic N) is 4. The van der Waals surface area contributed by atoms with Gasteiger partial charge in [-0.25, -0.2) is 9.78 Å². The first-order valence-electron chi connectivity index (χ1n) is 9.80. The topological polar surface area (TPSA) is 88.0 Å². The lowest BCUT2D eigenvalue weighted by Crippen LogP contribution is -2.58. The van der Waals surface area contributed by atoms with Gasteiger partial charge in [-0.05, 0) is 45.0 Å². The van der Waals surface area contributed by atoms with Crippen LogP contribution < -0.4 is 4.74 Å². The van der Waals surface area contributed by atoms with Gasteiger partial charge in [0.05, 0.1) is 17.9 Å². The predicted octanol–water partition coefficient (Wildman–Crippen LogP) is 3.12. The summed E-state index contributed by atoms with van der Waals surface area (Å²) < 4.78 is 11.4. The molecule has 0 radical (unpaired) electrons. The molecule has 1 aliphatic rings. The third-order valence-electron chi connectivity index (χ3n) is 4.57. The molecule has 1 fully saturated rings. The Labute approximate surface area is 181 Å². The zero-order valence-corrected chi connectivity index (χ0v) is 18.1.